The van der Waals surface area contributed by atoms with Crippen molar-refractivity contribution in [1.82, 2.24) is 0 Å². The van der Waals surface area contributed by atoms with Crippen LogP contribution < -0.4 is 10.5 Å². The van der Waals surface area contributed by atoms with Crippen molar-refractivity contribution in [1.29, 1.82) is 0 Å². The van der Waals surface area contributed by atoms with Crippen molar-refractivity contribution in [2.75, 3.05) is 10.5 Å². The highest BCUT2D eigenvalue weighted by Gasteiger charge is 2.18. The fourth-order valence-electron chi connectivity index (χ4n) is 1.98. The molecule has 2 aromatic rings. The molecule has 0 aliphatic heterocycles. The Kier molecular flexibility index (Phi) is 4.25. The number of nitrogen functional groups attached to an aromatic ring is 1. The number of sulfonamides is 1. The van der Waals surface area contributed by atoms with Crippen molar-refractivity contribution < 1.29 is 12.8 Å². The molecule has 0 radical (unpaired) electrons. The first kappa shape index (κ1) is 15.8. The van der Waals surface area contributed by atoms with Gasteiger partial charge in [0.05, 0.1) is 10.6 Å². The molecular weight excluding hydrogens is 359 g/mol. The van der Waals surface area contributed by atoms with Gasteiger partial charge in [0.15, 0.2) is 0 Å². The Morgan fingerprint density at radius 1 is 1.14 bits per heavy atom. The minimum Gasteiger partial charge on any atom is -0.399 e. The molecule has 0 aliphatic rings. The molecule has 3 N–H and O–H groups in total. The zero-order chi connectivity index (χ0) is 15.8. The summed E-state index contributed by atoms with van der Waals surface area (Å²) in [5.41, 5.74) is 7.72. The van der Waals surface area contributed by atoms with Crippen molar-refractivity contribution in [3.05, 3.63) is 51.7 Å². The van der Waals surface area contributed by atoms with Crippen LogP contribution in [0.5, 0.6) is 0 Å². The summed E-state index contributed by atoms with van der Waals surface area (Å²) < 4.78 is 41.1. The van der Waals surface area contributed by atoms with Crippen molar-refractivity contribution >= 4 is 37.3 Å². The van der Waals surface area contributed by atoms with Gasteiger partial charge in [-0.2, -0.15) is 0 Å². The topological polar surface area (TPSA) is 72.2 Å². The average Bonchev–Trinajstić information content (AvgIpc) is 2.32. The van der Waals surface area contributed by atoms with Gasteiger partial charge < -0.3 is 5.73 Å². The van der Waals surface area contributed by atoms with Gasteiger partial charge in [-0.1, -0.05) is 6.07 Å². The molecule has 2 rings (SSSR count). The standard InChI is InChI=1S/C14H14BrFN2O2S/c1-8-3-9(2)14(13(15)4-8)18-21(19,20)12-6-10(16)5-11(17)7-12/h3-7,18H,17H2,1-2H3. The van der Waals surface area contributed by atoms with E-state index in [1.54, 1.807) is 13.0 Å². The van der Waals surface area contributed by atoms with Crippen molar-refractivity contribution in [2.45, 2.75) is 18.7 Å². The number of hydrogen-bond donors (Lipinski definition) is 2. The van der Waals surface area contributed by atoms with E-state index in [2.05, 4.69) is 20.7 Å². The summed E-state index contributed by atoms with van der Waals surface area (Å²) >= 11 is 3.33. The Labute approximate surface area is 131 Å². The van der Waals surface area contributed by atoms with Gasteiger partial charge in [-0.15, -0.1) is 0 Å². The average molecular weight is 373 g/mol. The highest BCUT2D eigenvalue weighted by atomic mass is 79.9. The van der Waals surface area contributed by atoms with E-state index in [9.17, 15) is 12.8 Å². The SMILES string of the molecule is Cc1cc(C)c(NS(=O)(=O)c2cc(N)cc(F)c2)c(Br)c1. The third kappa shape index (κ3) is 3.54. The molecule has 2 aromatic carbocycles. The molecule has 112 valence electrons. The molecule has 7 heteroatoms. The molecule has 0 bridgehead atoms. The first-order valence-corrected chi connectivity index (χ1v) is 8.32. The van der Waals surface area contributed by atoms with E-state index in [1.807, 2.05) is 13.0 Å². The van der Waals surface area contributed by atoms with Crippen LogP contribution in [0.15, 0.2) is 39.7 Å². The predicted octanol–water partition coefficient (Wildman–Crippen LogP) is 3.59. The molecule has 0 atom stereocenters. The number of anilines is 2. The maximum absolute atomic E-state index is 13.3. The van der Waals surface area contributed by atoms with E-state index in [4.69, 9.17) is 5.73 Å². The highest BCUT2D eigenvalue weighted by Crippen LogP contribution is 2.30. The molecule has 0 unspecified atom stereocenters. The second kappa shape index (κ2) is 5.65. The number of rotatable bonds is 3. The molecule has 0 fully saturated rings. The normalized spacial score (nSPS) is 11.4. The molecule has 0 spiro atoms. The summed E-state index contributed by atoms with van der Waals surface area (Å²) in [6.45, 7) is 3.69. The van der Waals surface area contributed by atoms with E-state index in [1.165, 1.54) is 6.07 Å². The summed E-state index contributed by atoms with van der Waals surface area (Å²) in [6.07, 6.45) is 0. The second-order valence-corrected chi connectivity index (χ2v) is 7.30. The molecule has 0 aliphatic carbocycles. The molecule has 4 nitrogen and oxygen atoms in total. The highest BCUT2D eigenvalue weighted by molar-refractivity contribution is 9.10. The Morgan fingerprint density at radius 2 is 1.81 bits per heavy atom. The van der Waals surface area contributed by atoms with E-state index < -0.39 is 15.8 Å². The molecule has 0 aromatic heterocycles. The summed E-state index contributed by atoms with van der Waals surface area (Å²) in [4.78, 5) is -0.216. The maximum atomic E-state index is 13.3. The van der Waals surface area contributed by atoms with Crippen LogP contribution in [0.4, 0.5) is 15.8 Å². The van der Waals surface area contributed by atoms with Gasteiger partial charge in [0, 0.05) is 10.2 Å². The van der Waals surface area contributed by atoms with E-state index >= 15 is 0 Å². The third-order valence-electron chi connectivity index (χ3n) is 2.87. The predicted molar refractivity (Wildman–Crippen MR) is 85.2 cm³/mol. The van der Waals surface area contributed by atoms with Crippen LogP contribution in [0, 0.1) is 19.7 Å². The molecule has 0 saturated heterocycles. The molecule has 0 amide bonds. The summed E-state index contributed by atoms with van der Waals surface area (Å²) in [5, 5.41) is 0. The minimum atomic E-state index is -3.92. The largest absolute Gasteiger partial charge is 0.399 e. The van der Waals surface area contributed by atoms with Crippen LogP contribution in [0.1, 0.15) is 11.1 Å². The van der Waals surface area contributed by atoms with Gasteiger partial charge in [0.25, 0.3) is 10.0 Å². The molecule has 21 heavy (non-hydrogen) atoms. The Bertz CT molecular complexity index is 763. The van der Waals surface area contributed by atoms with Gasteiger partial charge in [-0.25, -0.2) is 12.8 Å². The fourth-order valence-corrected chi connectivity index (χ4v) is 4.10. The lowest BCUT2D eigenvalue weighted by Gasteiger charge is -2.13. The smallest absolute Gasteiger partial charge is 0.262 e. The van der Waals surface area contributed by atoms with E-state index in [0.717, 1.165) is 23.3 Å². The first-order chi connectivity index (χ1) is 9.69. The van der Waals surface area contributed by atoms with Gasteiger partial charge in [-0.3, -0.25) is 4.72 Å². The quantitative estimate of drug-likeness (QED) is 0.808. The monoisotopic (exact) mass is 372 g/mol. The number of aryl methyl sites for hydroxylation is 2. The lowest BCUT2D eigenvalue weighted by molar-refractivity contribution is 0.595. The summed E-state index contributed by atoms with van der Waals surface area (Å²) in [6, 6.07) is 6.85. The molecular formula is C14H14BrFN2O2S. The van der Waals surface area contributed by atoms with Gasteiger partial charge in [-0.05, 0) is 65.2 Å². The number of hydrogen-bond acceptors (Lipinski definition) is 3. The lowest BCUT2D eigenvalue weighted by Crippen LogP contribution is -2.15. The molecule has 0 saturated carbocycles. The number of nitrogens with one attached hydrogen (secondary N) is 1. The summed E-state index contributed by atoms with van der Waals surface area (Å²) in [7, 11) is -3.92. The number of nitrogens with two attached hydrogens (primary N) is 1. The maximum Gasteiger partial charge on any atom is 0.262 e. The second-order valence-electron chi connectivity index (χ2n) is 4.76. The lowest BCUT2D eigenvalue weighted by atomic mass is 10.1. The van der Waals surface area contributed by atoms with Crippen molar-refractivity contribution in [3.63, 3.8) is 0 Å². The van der Waals surface area contributed by atoms with Crippen molar-refractivity contribution in [2.24, 2.45) is 0 Å². The third-order valence-corrected chi connectivity index (χ3v) is 4.83. The zero-order valence-corrected chi connectivity index (χ0v) is 13.8. The van der Waals surface area contributed by atoms with Crippen LogP contribution >= 0.6 is 15.9 Å². The Morgan fingerprint density at radius 3 is 2.38 bits per heavy atom. The fraction of sp³-hybridized carbons (Fsp3) is 0.143. The zero-order valence-electron chi connectivity index (χ0n) is 11.4. The van der Waals surface area contributed by atoms with Crippen molar-refractivity contribution in [3.8, 4) is 0 Å². The van der Waals surface area contributed by atoms with Gasteiger partial charge >= 0.3 is 0 Å². The van der Waals surface area contributed by atoms with E-state index in [0.29, 0.717) is 10.2 Å². The van der Waals surface area contributed by atoms with Crippen LogP contribution in [-0.4, -0.2) is 8.42 Å². The Balaban J connectivity index is 2.47. The van der Waals surface area contributed by atoms with Gasteiger partial charge in [0.1, 0.15) is 5.82 Å². The van der Waals surface area contributed by atoms with Crippen LogP contribution in [0.25, 0.3) is 0 Å². The van der Waals surface area contributed by atoms with Crippen LogP contribution in [-0.2, 0) is 10.0 Å². The first-order valence-electron chi connectivity index (χ1n) is 6.04. The van der Waals surface area contributed by atoms with Crippen LogP contribution in [0.2, 0.25) is 0 Å². The summed E-state index contributed by atoms with van der Waals surface area (Å²) in [5.74, 6) is -0.699. The van der Waals surface area contributed by atoms with E-state index in [-0.39, 0.29) is 10.6 Å². The number of benzene rings is 2. The van der Waals surface area contributed by atoms with Gasteiger partial charge in [0.2, 0.25) is 0 Å². The Hall–Kier alpha value is -1.60. The minimum absolute atomic E-state index is 0.0510. The molecule has 0 heterocycles. The van der Waals surface area contributed by atoms with Crippen LogP contribution in [0.3, 0.4) is 0 Å². The number of halogens is 2.